The SMILES string of the molecule is CCN(CC(=O)Nc1cc(Cl)ccc1C)C(=O)CSCCO. The predicted molar refractivity (Wildman–Crippen MR) is 91.5 cm³/mol. The topological polar surface area (TPSA) is 69.6 Å². The van der Waals surface area contributed by atoms with E-state index < -0.39 is 0 Å². The fourth-order valence-corrected chi connectivity index (χ4v) is 2.59. The zero-order valence-corrected chi connectivity index (χ0v) is 14.3. The summed E-state index contributed by atoms with van der Waals surface area (Å²) in [6.45, 7) is 4.20. The number of rotatable bonds is 8. The van der Waals surface area contributed by atoms with Crippen LogP contribution in [0.2, 0.25) is 5.02 Å². The fraction of sp³-hybridized carbons (Fsp3) is 0.467. The Morgan fingerprint density at radius 2 is 2.14 bits per heavy atom. The molecule has 0 radical (unpaired) electrons. The molecular formula is C15H21ClN2O3S. The van der Waals surface area contributed by atoms with Crippen molar-refractivity contribution in [2.75, 3.05) is 36.5 Å². The molecule has 2 amide bonds. The molecule has 0 atom stereocenters. The summed E-state index contributed by atoms with van der Waals surface area (Å²) < 4.78 is 0. The summed E-state index contributed by atoms with van der Waals surface area (Å²) in [6.07, 6.45) is 0. The molecule has 0 aromatic heterocycles. The Hall–Kier alpha value is -1.24. The second-order valence-corrected chi connectivity index (χ2v) is 6.23. The average molecular weight is 345 g/mol. The second-order valence-electron chi connectivity index (χ2n) is 4.69. The minimum absolute atomic E-state index is 0.000964. The van der Waals surface area contributed by atoms with Gasteiger partial charge in [0.05, 0.1) is 18.9 Å². The van der Waals surface area contributed by atoms with E-state index in [1.54, 1.807) is 12.1 Å². The van der Waals surface area contributed by atoms with Crippen LogP contribution in [0.1, 0.15) is 12.5 Å². The number of likely N-dealkylation sites (N-methyl/N-ethyl adjacent to an activating group) is 1. The van der Waals surface area contributed by atoms with E-state index in [2.05, 4.69) is 5.32 Å². The van der Waals surface area contributed by atoms with Crippen molar-refractivity contribution in [1.29, 1.82) is 0 Å². The fourth-order valence-electron chi connectivity index (χ4n) is 1.78. The predicted octanol–water partition coefficient (Wildman–Crippen LogP) is 2.16. The number of thioether (sulfide) groups is 1. The van der Waals surface area contributed by atoms with Gasteiger partial charge in [0.2, 0.25) is 11.8 Å². The lowest BCUT2D eigenvalue weighted by Gasteiger charge is -2.20. The number of aryl methyl sites for hydroxylation is 1. The van der Waals surface area contributed by atoms with Gasteiger partial charge in [0.25, 0.3) is 0 Å². The Bertz CT molecular complexity index is 526. The zero-order valence-electron chi connectivity index (χ0n) is 12.8. The highest BCUT2D eigenvalue weighted by molar-refractivity contribution is 7.99. The van der Waals surface area contributed by atoms with Crippen LogP contribution in [0.4, 0.5) is 5.69 Å². The molecule has 0 saturated heterocycles. The number of hydrogen-bond donors (Lipinski definition) is 2. The molecule has 0 bridgehead atoms. The highest BCUT2D eigenvalue weighted by atomic mass is 35.5. The number of aliphatic hydroxyl groups excluding tert-OH is 1. The number of nitrogens with zero attached hydrogens (tertiary/aromatic N) is 1. The number of carbonyl (C=O) groups is 2. The van der Waals surface area contributed by atoms with Crippen molar-refractivity contribution < 1.29 is 14.7 Å². The monoisotopic (exact) mass is 344 g/mol. The van der Waals surface area contributed by atoms with E-state index in [1.807, 2.05) is 19.9 Å². The molecule has 0 saturated carbocycles. The van der Waals surface area contributed by atoms with E-state index in [4.69, 9.17) is 16.7 Å². The first kappa shape index (κ1) is 18.8. The van der Waals surface area contributed by atoms with Crippen molar-refractivity contribution in [3.63, 3.8) is 0 Å². The second kappa shape index (κ2) is 9.71. The molecule has 7 heteroatoms. The lowest BCUT2D eigenvalue weighted by Crippen LogP contribution is -2.39. The first-order valence-electron chi connectivity index (χ1n) is 7.00. The van der Waals surface area contributed by atoms with E-state index in [9.17, 15) is 9.59 Å². The smallest absolute Gasteiger partial charge is 0.244 e. The lowest BCUT2D eigenvalue weighted by molar-refractivity contribution is -0.132. The number of halogens is 1. The average Bonchev–Trinajstić information content (AvgIpc) is 2.48. The van der Waals surface area contributed by atoms with Crippen LogP contribution in [0.15, 0.2) is 18.2 Å². The third-order valence-electron chi connectivity index (χ3n) is 3.00. The van der Waals surface area contributed by atoms with Gasteiger partial charge in [0, 0.05) is 23.0 Å². The van der Waals surface area contributed by atoms with Gasteiger partial charge in [0.1, 0.15) is 0 Å². The number of hydrogen-bond acceptors (Lipinski definition) is 4. The molecule has 0 heterocycles. The van der Waals surface area contributed by atoms with Crippen LogP contribution in [0, 0.1) is 6.92 Å². The van der Waals surface area contributed by atoms with Crippen LogP contribution in [0.5, 0.6) is 0 Å². The van der Waals surface area contributed by atoms with Crippen LogP contribution in [0.3, 0.4) is 0 Å². The first-order valence-corrected chi connectivity index (χ1v) is 8.53. The van der Waals surface area contributed by atoms with Gasteiger partial charge >= 0.3 is 0 Å². The first-order chi connectivity index (χ1) is 10.5. The minimum atomic E-state index is -0.257. The number of carbonyl (C=O) groups excluding carboxylic acids is 2. The van der Waals surface area contributed by atoms with Crippen LogP contribution >= 0.6 is 23.4 Å². The highest BCUT2D eigenvalue weighted by Gasteiger charge is 2.16. The van der Waals surface area contributed by atoms with Crippen LogP contribution in [-0.2, 0) is 9.59 Å². The van der Waals surface area contributed by atoms with E-state index in [0.29, 0.717) is 23.0 Å². The molecule has 22 heavy (non-hydrogen) atoms. The maximum absolute atomic E-state index is 12.1. The minimum Gasteiger partial charge on any atom is -0.396 e. The molecule has 1 aromatic carbocycles. The number of aliphatic hydroxyl groups is 1. The molecule has 0 fully saturated rings. The van der Waals surface area contributed by atoms with E-state index in [0.717, 1.165) is 5.56 Å². The van der Waals surface area contributed by atoms with Crippen molar-refractivity contribution in [2.24, 2.45) is 0 Å². The summed E-state index contributed by atoms with van der Waals surface area (Å²) in [5, 5.41) is 12.0. The van der Waals surface area contributed by atoms with Gasteiger partial charge in [-0.15, -0.1) is 11.8 Å². The van der Waals surface area contributed by atoms with Crippen LogP contribution in [0.25, 0.3) is 0 Å². The molecule has 0 aliphatic carbocycles. The van der Waals surface area contributed by atoms with Crippen molar-refractivity contribution in [2.45, 2.75) is 13.8 Å². The molecule has 2 N–H and O–H groups in total. The number of nitrogens with one attached hydrogen (secondary N) is 1. The van der Waals surface area contributed by atoms with Crippen molar-refractivity contribution in [3.05, 3.63) is 28.8 Å². The summed E-state index contributed by atoms with van der Waals surface area (Å²) >= 11 is 7.27. The molecule has 5 nitrogen and oxygen atoms in total. The van der Waals surface area contributed by atoms with Crippen molar-refractivity contribution >= 4 is 40.9 Å². The number of amides is 2. The van der Waals surface area contributed by atoms with Gasteiger partial charge in [0.15, 0.2) is 0 Å². The summed E-state index contributed by atoms with van der Waals surface area (Å²) in [5.41, 5.74) is 1.56. The van der Waals surface area contributed by atoms with Gasteiger partial charge in [-0.2, -0.15) is 0 Å². The van der Waals surface area contributed by atoms with Gasteiger partial charge < -0.3 is 15.3 Å². The van der Waals surface area contributed by atoms with Crippen molar-refractivity contribution in [1.82, 2.24) is 4.90 Å². The van der Waals surface area contributed by atoms with Gasteiger partial charge in [-0.3, -0.25) is 9.59 Å². The Labute approximate surface area is 140 Å². The lowest BCUT2D eigenvalue weighted by atomic mass is 10.2. The summed E-state index contributed by atoms with van der Waals surface area (Å²) in [4.78, 5) is 25.6. The van der Waals surface area contributed by atoms with E-state index in [-0.39, 0.29) is 30.7 Å². The molecule has 1 rings (SSSR count). The Kier molecular flexibility index (Phi) is 8.30. The molecule has 0 spiro atoms. The maximum Gasteiger partial charge on any atom is 0.244 e. The molecule has 122 valence electrons. The Morgan fingerprint density at radius 3 is 2.77 bits per heavy atom. The molecular weight excluding hydrogens is 324 g/mol. The zero-order chi connectivity index (χ0) is 16.5. The molecule has 0 aliphatic rings. The summed E-state index contributed by atoms with van der Waals surface area (Å²) in [7, 11) is 0. The summed E-state index contributed by atoms with van der Waals surface area (Å²) in [6, 6.07) is 5.27. The van der Waals surface area contributed by atoms with Gasteiger partial charge in [-0.25, -0.2) is 0 Å². The molecule has 0 unspecified atom stereocenters. The summed E-state index contributed by atoms with van der Waals surface area (Å²) in [5.74, 6) is 0.404. The third-order valence-corrected chi connectivity index (χ3v) is 4.16. The molecule has 1 aromatic rings. The largest absolute Gasteiger partial charge is 0.396 e. The Balaban J connectivity index is 2.57. The number of anilines is 1. The molecule has 0 aliphatic heterocycles. The maximum atomic E-state index is 12.1. The number of benzene rings is 1. The van der Waals surface area contributed by atoms with E-state index >= 15 is 0 Å². The normalized spacial score (nSPS) is 10.4. The van der Waals surface area contributed by atoms with Gasteiger partial charge in [-0.05, 0) is 31.5 Å². The quantitative estimate of drug-likeness (QED) is 0.709. The third kappa shape index (κ3) is 6.25. The van der Waals surface area contributed by atoms with E-state index in [1.165, 1.54) is 16.7 Å². The highest BCUT2D eigenvalue weighted by Crippen LogP contribution is 2.20. The van der Waals surface area contributed by atoms with Crippen molar-refractivity contribution in [3.8, 4) is 0 Å². The van der Waals surface area contributed by atoms with Crippen LogP contribution < -0.4 is 5.32 Å². The standard InChI is InChI=1S/C15H21ClN2O3S/c1-3-18(15(21)10-22-7-6-19)9-14(20)17-13-8-12(16)5-4-11(13)2/h4-5,8,19H,3,6-7,9-10H2,1-2H3,(H,17,20). The van der Waals surface area contributed by atoms with Crippen LogP contribution in [-0.4, -0.2) is 53.0 Å². The van der Waals surface area contributed by atoms with Gasteiger partial charge in [-0.1, -0.05) is 17.7 Å². The Morgan fingerprint density at radius 1 is 1.41 bits per heavy atom.